The van der Waals surface area contributed by atoms with Gasteiger partial charge in [-0.25, -0.2) is 0 Å². The molecule has 154 valence electrons. The van der Waals surface area contributed by atoms with E-state index in [0.29, 0.717) is 22.2 Å². The molecule has 5 rings (SSSR count). The molecule has 3 heterocycles. The zero-order chi connectivity index (χ0) is 21.4. The molecule has 0 aliphatic heterocycles. The number of fused-ring (bicyclic) bond motifs is 2. The van der Waals surface area contributed by atoms with E-state index in [1.54, 1.807) is 17.8 Å². The van der Waals surface area contributed by atoms with Gasteiger partial charge in [0.15, 0.2) is 11.5 Å². The molecule has 8 heteroatoms. The van der Waals surface area contributed by atoms with Gasteiger partial charge in [-0.15, -0.1) is 10.2 Å². The number of rotatable bonds is 5. The van der Waals surface area contributed by atoms with Crippen molar-refractivity contribution in [3.05, 3.63) is 77.2 Å². The van der Waals surface area contributed by atoms with Gasteiger partial charge in [0, 0.05) is 28.2 Å². The first-order chi connectivity index (χ1) is 15.1. The number of methoxy groups -OCH3 is 1. The van der Waals surface area contributed by atoms with Crippen LogP contribution in [-0.4, -0.2) is 31.9 Å². The minimum Gasteiger partial charge on any atom is -0.497 e. The Kier molecular flexibility index (Phi) is 4.88. The van der Waals surface area contributed by atoms with E-state index in [0.717, 1.165) is 33.5 Å². The van der Waals surface area contributed by atoms with Gasteiger partial charge in [0.05, 0.1) is 18.3 Å². The van der Waals surface area contributed by atoms with Crippen molar-refractivity contribution in [2.75, 3.05) is 7.11 Å². The lowest BCUT2D eigenvalue weighted by Crippen LogP contribution is -2.05. The lowest BCUT2D eigenvalue weighted by Gasteiger charge is -2.09. The van der Waals surface area contributed by atoms with Crippen LogP contribution < -0.4 is 9.47 Å². The second-order valence-corrected chi connectivity index (χ2v) is 7.46. The quantitative estimate of drug-likeness (QED) is 0.394. The van der Waals surface area contributed by atoms with Gasteiger partial charge in [-0.3, -0.25) is 4.98 Å². The third kappa shape index (κ3) is 3.64. The Hall–Kier alpha value is -3.71. The largest absolute Gasteiger partial charge is 0.497 e. The Bertz CT molecular complexity index is 1420. The number of hydrogen-bond acceptors (Lipinski definition) is 6. The molecule has 0 radical (unpaired) electrons. The highest BCUT2D eigenvalue weighted by Crippen LogP contribution is 2.28. The average Bonchev–Trinajstić information content (AvgIpc) is 3.21. The van der Waals surface area contributed by atoms with Gasteiger partial charge in [0.25, 0.3) is 0 Å². The Morgan fingerprint density at radius 3 is 2.74 bits per heavy atom. The van der Waals surface area contributed by atoms with Gasteiger partial charge in [-0.2, -0.15) is 9.61 Å². The Morgan fingerprint density at radius 1 is 1.00 bits per heavy atom. The minimum absolute atomic E-state index is 0.206. The number of halogens is 1. The maximum atomic E-state index is 6.28. The van der Waals surface area contributed by atoms with E-state index in [9.17, 15) is 0 Å². The molecule has 5 aromatic rings. The summed E-state index contributed by atoms with van der Waals surface area (Å²) in [7, 11) is 1.63. The third-order valence-electron chi connectivity index (χ3n) is 5.06. The van der Waals surface area contributed by atoms with Crippen LogP contribution in [0.15, 0.2) is 60.8 Å². The molecule has 0 atom stereocenters. The first kappa shape index (κ1) is 19.3. The maximum absolute atomic E-state index is 6.28. The van der Waals surface area contributed by atoms with Crippen molar-refractivity contribution in [2.45, 2.75) is 13.5 Å². The Morgan fingerprint density at radius 2 is 1.90 bits per heavy atom. The van der Waals surface area contributed by atoms with Crippen LogP contribution in [0, 0.1) is 6.92 Å². The summed E-state index contributed by atoms with van der Waals surface area (Å²) in [4.78, 5) is 4.39. The molecular weight excluding hydrogens is 414 g/mol. The van der Waals surface area contributed by atoms with E-state index < -0.39 is 0 Å². The van der Waals surface area contributed by atoms with Crippen molar-refractivity contribution in [3.63, 3.8) is 0 Å². The van der Waals surface area contributed by atoms with Gasteiger partial charge < -0.3 is 9.47 Å². The van der Waals surface area contributed by atoms with Crippen LogP contribution in [0.2, 0.25) is 5.02 Å². The SMILES string of the molecule is COc1ccc2c(OCc3nnc4ccc(-c5ccc(C)c(Cl)c5)nn34)ccnc2c1. The van der Waals surface area contributed by atoms with Crippen molar-refractivity contribution < 1.29 is 9.47 Å². The van der Waals surface area contributed by atoms with E-state index >= 15 is 0 Å². The second-order valence-electron chi connectivity index (χ2n) is 7.05. The van der Waals surface area contributed by atoms with E-state index in [1.807, 2.05) is 61.5 Å². The van der Waals surface area contributed by atoms with Crippen LogP contribution in [-0.2, 0) is 6.61 Å². The second kappa shape index (κ2) is 7.85. The number of hydrogen-bond donors (Lipinski definition) is 0. The summed E-state index contributed by atoms with van der Waals surface area (Å²) in [6.45, 7) is 2.17. The molecule has 0 amide bonds. The maximum Gasteiger partial charge on any atom is 0.192 e. The lowest BCUT2D eigenvalue weighted by atomic mass is 10.1. The van der Waals surface area contributed by atoms with E-state index in [2.05, 4.69) is 15.2 Å². The summed E-state index contributed by atoms with van der Waals surface area (Å²) in [5, 5.41) is 14.7. The summed E-state index contributed by atoms with van der Waals surface area (Å²) in [5.41, 5.74) is 4.15. The van der Waals surface area contributed by atoms with Crippen molar-refractivity contribution in [1.29, 1.82) is 0 Å². The van der Waals surface area contributed by atoms with Crippen LogP contribution in [0.1, 0.15) is 11.4 Å². The predicted molar refractivity (Wildman–Crippen MR) is 119 cm³/mol. The first-order valence-corrected chi connectivity index (χ1v) is 10.0. The van der Waals surface area contributed by atoms with E-state index in [-0.39, 0.29) is 6.61 Å². The fourth-order valence-corrected chi connectivity index (χ4v) is 3.51. The first-order valence-electron chi connectivity index (χ1n) is 9.66. The number of aryl methyl sites for hydroxylation is 1. The molecular formula is C23H18ClN5O2. The molecule has 0 bridgehead atoms. The number of pyridine rings is 1. The fourth-order valence-electron chi connectivity index (χ4n) is 3.33. The Balaban J connectivity index is 1.46. The van der Waals surface area contributed by atoms with Gasteiger partial charge in [0.2, 0.25) is 0 Å². The summed E-state index contributed by atoms with van der Waals surface area (Å²) in [5.74, 6) is 2.04. The normalized spacial score (nSPS) is 11.2. The van der Waals surface area contributed by atoms with Crippen molar-refractivity contribution in [1.82, 2.24) is 24.8 Å². The molecule has 31 heavy (non-hydrogen) atoms. The van der Waals surface area contributed by atoms with Crippen LogP contribution in [0.4, 0.5) is 0 Å². The van der Waals surface area contributed by atoms with Gasteiger partial charge in [-0.05, 0) is 48.9 Å². The average molecular weight is 432 g/mol. The highest BCUT2D eigenvalue weighted by atomic mass is 35.5. The van der Waals surface area contributed by atoms with Gasteiger partial charge in [-0.1, -0.05) is 23.7 Å². The molecule has 2 aromatic carbocycles. The molecule has 0 saturated carbocycles. The molecule has 0 aliphatic carbocycles. The molecule has 0 fully saturated rings. The number of nitrogens with zero attached hydrogens (tertiary/aromatic N) is 5. The van der Waals surface area contributed by atoms with Crippen LogP contribution in [0.5, 0.6) is 11.5 Å². The topological polar surface area (TPSA) is 74.4 Å². The van der Waals surface area contributed by atoms with Gasteiger partial charge in [0.1, 0.15) is 18.1 Å². The van der Waals surface area contributed by atoms with Crippen molar-refractivity contribution in [3.8, 4) is 22.8 Å². The van der Waals surface area contributed by atoms with Crippen LogP contribution in [0.25, 0.3) is 27.8 Å². The smallest absolute Gasteiger partial charge is 0.192 e. The zero-order valence-corrected chi connectivity index (χ0v) is 17.7. The third-order valence-corrected chi connectivity index (χ3v) is 5.47. The molecule has 0 spiro atoms. The molecule has 0 saturated heterocycles. The molecule has 0 aliphatic rings. The van der Waals surface area contributed by atoms with E-state index in [1.165, 1.54) is 0 Å². The molecule has 3 aromatic heterocycles. The standard InChI is InChI=1S/C23H18ClN5O2/c1-14-3-4-15(11-18(14)24)19-7-8-22-26-27-23(29(22)28-19)13-31-21-9-10-25-20-12-16(30-2)5-6-17(20)21/h3-12H,13H2,1-2H3. The minimum atomic E-state index is 0.206. The number of benzene rings is 2. The molecule has 7 nitrogen and oxygen atoms in total. The fraction of sp³-hybridized carbons (Fsp3) is 0.130. The summed E-state index contributed by atoms with van der Waals surface area (Å²) in [6.07, 6.45) is 1.70. The Labute approximate surface area is 183 Å². The number of aromatic nitrogens is 5. The zero-order valence-electron chi connectivity index (χ0n) is 16.9. The summed E-state index contributed by atoms with van der Waals surface area (Å²) in [6, 6.07) is 17.2. The number of ether oxygens (including phenoxy) is 2. The van der Waals surface area contributed by atoms with Gasteiger partial charge >= 0.3 is 0 Å². The highest BCUT2D eigenvalue weighted by Gasteiger charge is 2.12. The highest BCUT2D eigenvalue weighted by molar-refractivity contribution is 6.31. The van der Waals surface area contributed by atoms with Crippen LogP contribution in [0.3, 0.4) is 0 Å². The molecule has 0 unspecified atom stereocenters. The summed E-state index contributed by atoms with van der Waals surface area (Å²) >= 11 is 6.28. The molecule has 0 N–H and O–H groups in total. The van der Waals surface area contributed by atoms with Crippen molar-refractivity contribution >= 4 is 28.2 Å². The van der Waals surface area contributed by atoms with Crippen molar-refractivity contribution in [2.24, 2.45) is 0 Å². The lowest BCUT2D eigenvalue weighted by molar-refractivity contribution is 0.296. The summed E-state index contributed by atoms with van der Waals surface area (Å²) < 4.78 is 13.0. The van der Waals surface area contributed by atoms with E-state index in [4.69, 9.17) is 26.2 Å². The predicted octanol–water partition coefficient (Wildman–Crippen LogP) is 4.89. The van der Waals surface area contributed by atoms with Crippen LogP contribution >= 0.6 is 11.6 Å². The monoisotopic (exact) mass is 431 g/mol.